The van der Waals surface area contributed by atoms with E-state index in [9.17, 15) is 4.79 Å². The standard InChI is InChI=1S/C14H18ClNO3/c1-10(16-6-7-19-13(8-16)9-17)14(18)11-2-4-12(15)5-3-11/h2-5,10,13,17H,6-9H2,1H3. The summed E-state index contributed by atoms with van der Waals surface area (Å²) in [6, 6.07) is 6.70. The average Bonchev–Trinajstić information content (AvgIpc) is 2.46. The van der Waals surface area contributed by atoms with Crippen LogP contribution in [0.25, 0.3) is 0 Å². The van der Waals surface area contributed by atoms with Gasteiger partial charge in [0, 0.05) is 23.7 Å². The van der Waals surface area contributed by atoms with Gasteiger partial charge >= 0.3 is 0 Å². The molecule has 2 unspecified atom stereocenters. The van der Waals surface area contributed by atoms with Gasteiger partial charge < -0.3 is 9.84 Å². The first-order chi connectivity index (χ1) is 9.11. The molecule has 0 saturated carbocycles. The highest BCUT2D eigenvalue weighted by Gasteiger charge is 2.27. The molecule has 1 fully saturated rings. The molecular weight excluding hydrogens is 266 g/mol. The molecule has 19 heavy (non-hydrogen) atoms. The zero-order valence-electron chi connectivity index (χ0n) is 10.9. The number of hydrogen-bond donors (Lipinski definition) is 1. The van der Waals surface area contributed by atoms with Crippen LogP contribution in [0.15, 0.2) is 24.3 Å². The van der Waals surface area contributed by atoms with Crippen LogP contribution in [0.5, 0.6) is 0 Å². The molecule has 2 rings (SSSR count). The number of rotatable bonds is 4. The van der Waals surface area contributed by atoms with Gasteiger partial charge in [0.05, 0.1) is 25.4 Å². The third-order valence-corrected chi connectivity index (χ3v) is 3.68. The highest BCUT2D eigenvalue weighted by Crippen LogP contribution is 2.15. The Labute approximate surface area is 117 Å². The number of morpholine rings is 1. The molecule has 0 amide bonds. The molecular formula is C14H18ClNO3. The van der Waals surface area contributed by atoms with Gasteiger partial charge in [-0.25, -0.2) is 0 Å². The molecule has 0 spiro atoms. The van der Waals surface area contributed by atoms with Crippen LogP contribution >= 0.6 is 11.6 Å². The second kappa shape index (κ2) is 6.48. The Balaban J connectivity index is 2.04. The zero-order valence-corrected chi connectivity index (χ0v) is 11.6. The number of Topliss-reactive ketones (excluding diaryl/α,β-unsaturated/α-hetero) is 1. The first kappa shape index (κ1) is 14.5. The maximum absolute atomic E-state index is 12.4. The van der Waals surface area contributed by atoms with Gasteiger partial charge in [-0.15, -0.1) is 0 Å². The Bertz CT molecular complexity index is 435. The fourth-order valence-corrected chi connectivity index (χ4v) is 2.35. The maximum Gasteiger partial charge on any atom is 0.179 e. The number of carbonyl (C=O) groups excluding carboxylic acids is 1. The number of hydrogen-bond acceptors (Lipinski definition) is 4. The summed E-state index contributed by atoms with van der Waals surface area (Å²) in [4.78, 5) is 14.4. The van der Waals surface area contributed by atoms with Crippen LogP contribution in [0.3, 0.4) is 0 Å². The number of halogens is 1. The van der Waals surface area contributed by atoms with E-state index in [-0.39, 0.29) is 24.5 Å². The van der Waals surface area contributed by atoms with Gasteiger partial charge in [-0.05, 0) is 31.2 Å². The lowest BCUT2D eigenvalue weighted by Crippen LogP contribution is -2.50. The lowest BCUT2D eigenvalue weighted by molar-refractivity contribution is -0.0592. The van der Waals surface area contributed by atoms with Gasteiger partial charge in [0.1, 0.15) is 0 Å². The number of nitrogens with zero attached hydrogens (tertiary/aromatic N) is 1. The number of carbonyl (C=O) groups is 1. The van der Waals surface area contributed by atoms with Crippen LogP contribution in [-0.4, -0.2) is 54.2 Å². The summed E-state index contributed by atoms with van der Waals surface area (Å²) in [5.74, 6) is 0.0651. The number of aliphatic hydroxyl groups is 1. The van der Waals surface area contributed by atoms with E-state index in [0.29, 0.717) is 30.3 Å². The third-order valence-electron chi connectivity index (χ3n) is 3.43. The Morgan fingerprint density at radius 3 is 2.84 bits per heavy atom. The molecule has 1 aliphatic heterocycles. The van der Waals surface area contributed by atoms with E-state index in [1.807, 2.05) is 11.8 Å². The first-order valence-corrected chi connectivity index (χ1v) is 6.76. The van der Waals surface area contributed by atoms with Crippen molar-refractivity contribution in [1.29, 1.82) is 0 Å². The molecule has 2 atom stereocenters. The summed E-state index contributed by atoms with van der Waals surface area (Å²) in [6.45, 7) is 3.70. The second-order valence-electron chi connectivity index (χ2n) is 4.72. The van der Waals surface area contributed by atoms with Crippen molar-refractivity contribution in [2.75, 3.05) is 26.3 Å². The quantitative estimate of drug-likeness (QED) is 0.853. The van der Waals surface area contributed by atoms with Crippen molar-refractivity contribution >= 4 is 17.4 Å². The predicted molar refractivity (Wildman–Crippen MR) is 73.6 cm³/mol. The van der Waals surface area contributed by atoms with Gasteiger partial charge in [-0.1, -0.05) is 11.6 Å². The topological polar surface area (TPSA) is 49.8 Å². The van der Waals surface area contributed by atoms with Crippen LogP contribution in [0, 0.1) is 0 Å². The van der Waals surface area contributed by atoms with Crippen molar-refractivity contribution < 1.29 is 14.6 Å². The summed E-state index contributed by atoms with van der Waals surface area (Å²) in [5, 5.41) is 9.75. The fraction of sp³-hybridized carbons (Fsp3) is 0.500. The van der Waals surface area contributed by atoms with Gasteiger partial charge in [0.2, 0.25) is 0 Å². The minimum atomic E-state index is -0.223. The van der Waals surface area contributed by atoms with Crippen molar-refractivity contribution in [3.63, 3.8) is 0 Å². The van der Waals surface area contributed by atoms with Crippen molar-refractivity contribution in [1.82, 2.24) is 4.90 Å². The Hall–Kier alpha value is -0.940. The van der Waals surface area contributed by atoms with Gasteiger partial charge in [0.15, 0.2) is 5.78 Å². The number of aliphatic hydroxyl groups excluding tert-OH is 1. The van der Waals surface area contributed by atoms with E-state index in [2.05, 4.69) is 0 Å². The molecule has 1 saturated heterocycles. The Morgan fingerprint density at radius 2 is 2.21 bits per heavy atom. The van der Waals surface area contributed by atoms with E-state index in [1.165, 1.54) is 0 Å². The van der Waals surface area contributed by atoms with Crippen LogP contribution < -0.4 is 0 Å². The van der Waals surface area contributed by atoms with Crippen LogP contribution in [-0.2, 0) is 4.74 Å². The van der Waals surface area contributed by atoms with Crippen molar-refractivity contribution in [2.24, 2.45) is 0 Å². The van der Waals surface area contributed by atoms with Crippen molar-refractivity contribution in [2.45, 2.75) is 19.1 Å². The monoisotopic (exact) mass is 283 g/mol. The van der Waals surface area contributed by atoms with Crippen molar-refractivity contribution in [3.05, 3.63) is 34.9 Å². The van der Waals surface area contributed by atoms with E-state index in [1.54, 1.807) is 24.3 Å². The number of ketones is 1. The summed E-state index contributed by atoms with van der Waals surface area (Å²) in [5.41, 5.74) is 0.656. The van der Waals surface area contributed by atoms with Crippen molar-refractivity contribution in [3.8, 4) is 0 Å². The summed E-state index contributed by atoms with van der Waals surface area (Å²) >= 11 is 5.82. The highest BCUT2D eigenvalue weighted by atomic mass is 35.5. The molecule has 1 N–H and O–H groups in total. The predicted octanol–water partition coefficient (Wildman–Crippen LogP) is 1.60. The maximum atomic E-state index is 12.4. The normalized spacial score (nSPS) is 22.2. The van der Waals surface area contributed by atoms with Crippen LogP contribution in [0.2, 0.25) is 5.02 Å². The minimum absolute atomic E-state index is 0.0155. The van der Waals surface area contributed by atoms with Crippen LogP contribution in [0.1, 0.15) is 17.3 Å². The van der Waals surface area contributed by atoms with Gasteiger partial charge in [-0.2, -0.15) is 0 Å². The van der Waals surface area contributed by atoms with E-state index >= 15 is 0 Å². The highest BCUT2D eigenvalue weighted by molar-refractivity contribution is 6.30. The minimum Gasteiger partial charge on any atom is -0.394 e. The fourth-order valence-electron chi connectivity index (χ4n) is 2.23. The molecule has 1 aromatic carbocycles. The molecule has 4 nitrogen and oxygen atoms in total. The zero-order chi connectivity index (χ0) is 13.8. The van der Waals surface area contributed by atoms with Gasteiger partial charge in [0.25, 0.3) is 0 Å². The molecule has 0 radical (unpaired) electrons. The summed E-state index contributed by atoms with van der Waals surface area (Å²) in [6.07, 6.45) is -0.200. The molecule has 104 valence electrons. The molecule has 5 heteroatoms. The molecule has 0 bridgehead atoms. The number of benzene rings is 1. The van der Waals surface area contributed by atoms with Gasteiger partial charge in [-0.3, -0.25) is 9.69 Å². The SMILES string of the molecule is CC(C(=O)c1ccc(Cl)cc1)N1CCOC(CO)C1. The smallest absolute Gasteiger partial charge is 0.179 e. The molecule has 1 aliphatic rings. The van der Waals surface area contributed by atoms with E-state index < -0.39 is 0 Å². The van der Waals surface area contributed by atoms with E-state index in [4.69, 9.17) is 21.4 Å². The summed E-state index contributed by atoms with van der Waals surface area (Å²) in [7, 11) is 0. The van der Waals surface area contributed by atoms with Crippen LogP contribution in [0.4, 0.5) is 0 Å². The second-order valence-corrected chi connectivity index (χ2v) is 5.15. The third kappa shape index (κ3) is 3.54. The molecule has 1 heterocycles. The Morgan fingerprint density at radius 1 is 1.53 bits per heavy atom. The largest absolute Gasteiger partial charge is 0.394 e. The first-order valence-electron chi connectivity index (χ1n) is 6.38. The number of ether oxygens (including phenoxy) is 1. The lowest BCUT2D eigenvalue weighted by atomic mass is 10.0. The molecule has 1 aromatic rings. The average molecular weight is 284 g/mol. The lowest BCUT2D eigenvalue weighted by Gasteiger charge is -2.35. The molecule has 0 aromatic heterocycles. The van der Waals surface area contributed by atoms with E-state index in [0.717, 1.165) is 0 Å². The summed E-state index contributed by atoms with van der Waals surface area (Å²) < 4.78 is 5.39. The molecule has 0 aliphatic carbocycles. The Kier molecular flexibility index (Phi) is 4.93.